The van der Waals surface area contributed by atoms with E-state index in [-0.39, 0.29) is 5.60 Å². The van der Waals surface area contributed by atoms with E-state index >= 15 is 0 Å². The van der Waals surface area contributed by atoms with Crippen molar-refractivity contribution >= 4 is 40.4 Å². The Morgan fingerprint density at radius 1 is 1.14 bits per heavy atom. The van der Waals surface area contributed by atoms with E-state index in [0.29, 0.717) is 33.1 Å². The number of rotatable bonds is 3. The molecule has 0 aliphatic carbocycles. The first kappa shape index (κ1) is 15.7. The lowest BCUT2D eigenvalue weighted by atomic mass is 10.2. The first-order chi connectivity index (χ1) is 9.76. The minimum Gasteiger partial charge on any atom is -0.470 e. The summed E-state index contributed by atoms with van der Waals surface area (Å²) in [4.78, 5) is 4.36. The fourth-order valence-electron chi connectivity index (χ4n) is 1.63. The van der Waals surface area contributed by atoms with Crippen LogP contribution < -0.4 is 15.8 Å². The van der Waals surface area contributed by atoms with E-state index < -0.39 is 0 Å². The zero-order valence-electron chi connectivity index (χ0n) is 12.1. The summed E-state index contributed by atoms with van der Waals surface area (Å²) in [5.74, 6) is 0.957. The molecular formula is C15H17Cl2N3O. The van der Waals surface area contributed by atoms with Gasteiger partial charge in [-0.1, -0.05) is 29.3 Å². The molecule has 0 saturated carbocycles. The maximum Gasteiger partial charge on any atom is 0.239 e. The van der Waals surface area contributed by atoms with Gasteiger partial charge in [0.05, 0.1) is 21.4 Å². The van der Waals surface area contributed by atoms with Gasteiger partial charge in [-0.3, -0.25) is 0 Å². The van der Waals surface area contributed by atoms with E-state index in [1.54, 1.807) is 24.3 Å². The first-order valence-corrected chi connectivity index (χ1v) is 7.18. The van der Waals surface area contributed by atoms with E-state index in [4.69, 9.17) is 33.7 Å². The highest BCUT2D eigenvalue weighted by atomic mass is 35.5. The van der Waals surface area contributed by atoms with Crippen molar-refractivity contribution in [3.63, 3.8) is 0 Å². The van der Waals surface area contributed by atoms with Crippen LogP contribution in [0.25, 0.3) is 0 Å². The Kier molecular flexibility index (Phi) is 4.49. The summed E-state index contributed by atoms with van der Waals surface area (Å²) in [6.07, 6.45) is 0. The highest BCUT2D eigenvalue weighted by Gasteiger charge is 2.16. The lowest BCUT2D eigenvalue weighted by molar-refractivity contribution is 0.125. The van der Waals surface area contributed by atoms with Gasteiger partial charge in [0, 0.05) is 0 Å². The molecule has 0 radical (unpaired) electrons. The molecule has 1 aromatic carbocycles. The van der Waals surface area contributed by atoms with Crippen LogP contribution in [0.15, 0.2) is 30.3 Å². The average molecular weight is 326 g/mol. The third kappa shape index (κ3) is 4.16. The highest BCUT2D eigenvalue weighted by molar-refractivity contribution is 6.43. The Morgan fingerprint density at radius 3 is 2.52 bits per heavy atom. The van der Waals surface area contributed by atoms with Gasteiger partial charge in [-0.15, -0.1) is 0 Å². The van der Waals surface area contributed by atoms with Gasteiger partial charge in [0.15, 0.2) is 0 Å². The molecule has 1 heterocycles. The minimum atomic E-state index is -0.382. The Bertz CT molecular complexity index is 654. The predicted octanol–water partition coefficient (Wildman–Crippen LogP) is 4.89. The van der Waals surface area contributed by atoms with Gasteiger partial charge < -0.3 is 15.8 Å². The van der Waals surface area contributed by atoms with Crippen molar-refractivity contribution in [3.05, 3.63) is 40.4 Å². The molecule has 1 aromatic heterocycles. The van der Waals surface area contributed by atoms with E-state index in [0.717, 1.165) is 0 Å². The fraction of sp³-hybridized carbons (Fsp3) is 0.267. The number of halogens is 2. The van der Waals surface area contributed by atoms with Crippen LogP contribution in [0.5, 0.6) is 5.88 Å². The number of nitrogens with two attached hydrogens (primary N) is 1. The van der Waals surface area contributed by atoms with Crippen molar-refractivity contribution in [1.29, 1.82) is 0 Å². The quantitative estimate of drug-likeness (QED) is 0.843. The maximum absolute atomic E-state index is 6.14. The topological polar surface area (TPSA) is 60.2 Å². The van der Waals surface area contributed by atoms with Crippen LogP contribution >= 0.6 is 23.2 Å². The summed E-state index contributed by atoms with van der Waals surface area (Å²) in [6, 6.07) is 8.83. The molecule has 0 spiro atoms. The van der Waals surface area contributed by atoms with Gasteiger partial charge in [-0.25, -0.2) is 0 Å². The van der Waals surface area contributed by atoms with Gasteiger partial charge in [-0.05, 0) is 45.0 Å². The fourth-order valence-corrected chi connectivity index (χ4v) is 1.98. The number of benzene rings is 1. The Balaban J connectivity index is 2.29. The molecule has 0 saturated heterocycles. The number of nitrogen functional groups attached to an aromatic ring is 1. The van der Waals surface area contributed by atoms with Gasteiger partial charge in [-0.2, -0.15) is 4.98 Å². The van der Waals surface area contributed by atoms with Crippen LogP contribution in [0.2, 0.25) is 10.0 Å². The molecule has 0 amide bonds. The molecule has 0 bridgehead atoms. The van der Waals surface area contributed by atoms with E-state index in [1.807, 2.05) is 26.8 Å². The summed E-state index contributed by atoms with van der Waals surface area (Å²) >= 11 is 12.1. The Hall–Kier alpha value is -1.65. The third-order valence-electron chi connectivity index (χ3n) is 2.51. The zero-order chi connectivity index (χ0) is 15.6. The third-order valence-corrected chi connectivity index (χ3v) is 3.33. The molecule has 0 atom stereocenters. The SMILES string of the molecule is CC(C)(C)Oc1nc(Nc2cccc(Cl)c2Cl)ccc1N. The number of anilines is 3. The minimum absolute atomic E-state index is 0.380. The number of aromatic nitrogens is 1. The predicted molar refractivity (Wildman–Crippen MR) is 88.8 cm³/mol. The van der Waals surface area contributed by atoms with E-state index in [2.05, 4.69) is 10.3 Å². The molecule has 4 nitrogen and oxygen atoms in total. The van der Waals surface area contributed by atoms with Crippen molar-refractivity contribution in [2.45, 2.75) is 26.4 Å². The van der Waals surface area contributed by atoms with Crippen LogP contribution in [-0.2, 0) is 0 Å². The van der Waals surface area contributed by atoms with Crippen molar-refractivity contribution in [2.75, 3.05) is 11.1 Å². The van der Waals surface area contributed by atoms with Crippen LogP contribution in [0.3, 0.4) is 0 Å². The number of pyridine rings is 1. The summed E-state index contributed by atoms with van der Waals surface area (Å²) in [6.45, 7) is 5.80. The van der Waals surface area contributed by atoms with Gasteiger partial charge in [0.1, 0.15) is 11.4 Å². The maximum atomic E-state index is 6.14. The standard InChI is InChI=1S/C15H17Cl2N3O/c1-15(2,3)21-14-10(18)7-8-12(20-14)19-11-6-4-5-9(16)13(11)17/h4-8H,18H2,1-3H3,(H,19,20). The molecule has 3 N–H and O–H groups in total. The second kappa shape index (κ2) is 6.00. The lowest BCUT2D eigenvalue weighted by Crippen LogP contribution is -2.24. The average Bonchev–Trinajstić information content (AvgIpc) is 2.37. The van der Waals surface area contributed by atoms with E-state index in [1.165, 1.54) is 0 Å². The van der Waals surface area contributed by atoms with Crippen LogP contribution in [0.1, 0.15) is 20.8 Å². The smallest absolute Gasteiger partial charge is 0.239 e. The number of hydrogen-bond donors (Lipinski definition) is 2. The zero-order valence-corrected chi connectivity index (χ0v) is 13.6. The van der Waals surface area contributed by atoms with Crippen molar-refractivity contribution in [3.8, 4) is 5.88 Å². The second-order valence-electron chi connectivity index (χ2n) is 5.53. The number of ether oxygens (including phenoxy) is 1. The summed E-state index contributed by atoms with van der Waals surface area (Å²) < 4.78 is 5.73. The Labute approximate surface area is 134 Å². The summed E-state index contributed by atoms with van der Waals surface area (Å²) in [5, 5.41) is 4.02. The van der Waals surface area contributed by atoms with Crippen molar-refractivity contribution in [1.82, 2.24) is 4.98 Å². The largest absolute Gasteiger partial charge is 0.470 e. The molecule has 0 aliphatic heterocycles. The number of nitrogens with zero attached hydrogens (tertiary/aromatic N) is 1. The molecule has 6 heteroatoms. The van der Waals surface area contributed by atoms with Gasteiger partial charge >= 0.3 is 0 Å². The molecule has 112 valence electrons. The lowest BCUT2D eigenvalue weighted by Gasteiger charge is -2.21. The van der Waals surface area contributed by atoms with Gasteiger partial charge in [0.25, 0.3) is 0 Å². The summed E-state index contributed by atoms with van der Waals surface area (Å²) in [7, 11) is 0. The van der Waals surface area contributed by atoms with Crippen molar-refractivity contribution < 1.29 is 4.74 Å². The Morgan fingerprint density at radius 2 is 1.86 bits per heavy atom. The highest BCUT2D eigenvalue weighted by Crippen LogP contribution is 2.32. The summed E-state index contributed by atoms with van der Waals surface area (Å²) in [5.41, 5.74) is 6.65. The molecular weight excluding hydrogens is 309 g/mol. The molecule has 21 heavy (non-hydrogen) atoms. The molecule has 2 aromatic rings. The normalized spacial score (nSPS) is 11.3. The molecule has 0 fully saturated rings. The van der Waals surface area contributed by atoms with Crippen LogP contribution in [0.4, 0.5) is 17.2 Å². The molecule has 2 rings (SSSR count). The number of hydrogen-bond acceptors (Lipinski definition) is 4. The molecule has 0 unspecified atom stereocenters. The van der Waals surface area contributed by atoms with Gasteiger partial charge in [0.2, 0.25) is 5.88 Å². The van der Waals surface area contributed by atoms with E-state index in [9.17, 15) is 0 Å². The number of nitrogens with one attached hydrogen (secondary N) is 1. The van der Waals surface area contributed by atoms with Crippen LogP contribution in [0, 0.1) is 0 Å². The van der Waals surface area contributed by atoms with Crippen LogP contribution in [-0.4, -0.2) is 10.6 Å². The second-order valence-corrected chi connectivity index (χ2v) is 6.32. The van der Waals surface area contributed by atoms with Crippen molar-refractivity contribution in [2.24, 2.45) is 0 Å². The monoisotopic (exact) mass is 325 g/mol. The first-order valence-electron chi connectivity index (χ1n) is 6.43. The molecule has 0 aliphatic rings.